The number of amides is 1. The Labute approximate surface area is 138 Å². The van der Waals surface area contributed by atoms with E-state index in [0.29, 0.717) is 24.9 Å². The lowest BCUT2D eigenvalue weighted by Crippen LogP contribution is -2.29. The first kappa shape index (κ1) is 17.5. The molecule has 0 unspecified atom stereocenters. The van der Waals surface area contributed by atoms with Crippen LogP contribution in [0.5, 0.6) is 0 Å². The number of esters is 1. The molecule has 5 nitrogen and oxygen atoms in total. The van der Waals surface area contributed by atoms with E-state index in [4.69, 9.17) is 0 Å². The monoisotopic (exact) mass is 318 g/mol. The van der Waals surface area contributed by atoms with Gasteiger partial charge in [-0.15, -0.1) is 0 Å². The molecule has 2 rings (SSSR count). The number of hydrogen-bond donors (Lipinski definition) is 1. The van der Waals surface area contributed by atoms with Crippen molar-refractivity contribution >= 4 is 11.9 Å². The molecule has 0 aliphatic carbocycles. The van der Waals surface area contributed by atoms with Crippen LogP contribution in [-0.4, -0.2) is 43.5 Å². The highest BCUT2D eigenvalue weighted by molar-refractivity contribution is 5.94. The molecule has 1 N–H and O–H groups in total. The maximum absolute atomic E-state index is 12.0. The number of benzene rings is 1. The van der Waals surface area contributed by atoms with Gasteiger partial charge in [0.2, 0.25) is 0 Å². The van der Waals surface area contributed by atoms with Crippen molar-refractivity contribution in [2.24, 2.45) is 0 Å². The first-order valence-electron chi connectivity index (χ1n) is 8.35. The Bertz CT molecular complexity index is 508. The molecular formula is C18H26N2O3. The summed E-state index contributed by atoms with van der Waals surface area (Å²) in [5.41, 5.74) is 1.90. The zero-order chi connectivity index (χ0) is 16.5. The van der Waals surface area contributed by atoms with Crippen LogP contribution in [0.1, 0.15) is 48.0 Å². The molecule has 0 radical (unpaired) electrons. The fourth-order valence-corrected chi connectivity index (χ4v) is 2.78. The van der Waals surface area contributed by atoms with Crippen LogP contribution in [0.15, 0.2) is 24.3 Å². The molecule has 0 spiro atoms. The summed E-state index contributed by atoms with van der Waals surface area (Å²) in [6.07, 6.45) is 4.82. The van der Waals surface area contributed by atoms with Gasteiger partial charge in [0, 0.05) is 25.1 Å². The Morgan fingerprint density at radius 3 is 2.48 bits per heavy atom. The van der Waals surface area contributed by atoms with Crippen molar-refractivity contribution in [1.29, 1.82) is 0 Å². The van der Waals surface area contributed by atoms with Gasteiger partial charge in [-0.25, -0.2) is 0 Å². The third-order valence-electron chi connectivity index (χ3n) is 4.14. The highest BCUT2D eigenvalue weighted by Gasteiger charge is 2.11. The number of nitrogens with zero attached hydrogens (tertiary/aromatic N) is 1. The second-order valence-corrected chi connectivity index (χ2v) is 5.97. The van der Waals surface area contributed by atoms with Gasteiger partial charge in [0.15, 0.2) is 0 Å². The van der Waals surface area contributed by atoms with Crippen LogP contribution in [0.25, 0.3) is 0 Å². The summed E-state index contributed by atoms with van der Waals surface area (Å²) in [6, 6.07) is 7.79. The number of nitrogens with one attached hydrogen (secondary N) is 1. The smallest absolute Gasteiger partial charge is 0.305 e. The van der Waals surface area contributed by atoms with E-state index >= 15 is 0 Å². The van der Waals surface area contributed by atoms with Gasteiger partial charge in [-0.1, -0.05) is 18.6 Å². The van der Waals surface area contributed by atoms with Crippen LogP contribution >= 0.6 is 0 Å². The lowest BCUT2D eigenvalue weighted by molar-refractivity contribution is -0.140. The van der Waals surface area contributed by atoms with Crippen molar-refractivity contribution < 1.29 is 14.3 Å². The number of rotatable bonds is 7. The van der Waals surface area contributed by atoms with E-state index in [1.807, 2.05) is 24.3 Å². The van der Waals surface area contributed by atoms with Gasteiger partial charge in [-0.05, 0) is 50.0 Å². The van der Waals surface area contributed by atoms with Gasteiger partial charge in [0.25, 0.3) is 5.91 Å². The van der Waals surface area contributed by atoms with Crippen molar-refractivity contribution in [3.8, 4) is 0 Å². The molecule has 5 heteroatoms. The van der Waals surface area contributed by atoms with Crippen molar-refractivity contribution in [3.05, 3.63) is 35.4 Å². The lowest BCUT2D eigenvalue weighted by Gasteiger charge is -2.26. The third-order valence-corrected chi connectivity index (χ3v) is 4.14. The minimum Gasteiger partial charge on any atom is -0.469 e. The second kappa shape index (κ2) is 9.30. The average Bonchev–Trinajstić information content (AvgIpc) is 2.60. The molecule has 1 saturated heterocycles. The van der Waals surface area contributed by atoms with Gasteiger partial charge in [0.05, 0.1) is 7.11 Å². The zero-order valence-electron chi connectivity index (χ0n) is 13.8. The van der Waals surface area contributed by atoms with Gasteiger partial charge >= 0.3 is 5.97 Å². The maximum atomic E-state index is 12.0. The predicted molar refractivity (Wildman–Crippen MR) is 89.2 cm³/mol. The number of carbonyl (C=O) groups excluding carboxylic acids is 2. The van der Waals surface area contributed by atoms with Gasteiger partial charge in [-0.3, -0.25) is 14.5 Å². The van der Waals surface area contributed by atoms with Crippen molar-refractivity contribution in [1.82, 2.24) is 10.2 Å². The summed E-state index contributed by atoms with van der Waals surface area (Å²) < 4.78 is 4.56. The third kappa shape index (κ3) is 6.02. The second-order valence-electron chi connectivity index (χ2n) is 5.97. The lowest BCUT2D eigenvalue weighted by atomic mass is 10.1. The summed E-state index contributed by atoms with van der Waals surface area (Å²) in [4.78, 5) is 25.5. The average molecular weight is 318 g/mol. The van der Waals surface area contributed by atoms with Crippen LogP contribution in [0.2, 0.25) is 0 Å². The number of ether oxygens (including phenoxy) is 1. The number of hydrogen-bond acceptors (Lipinski definition) is 4. The van der Waals surface area contributed by atoms with Crippen molar-refractivity contribution in [3.63, 3.8) is 0 Å². The summed E-state index contributed by atoms with van der Waals surface area (Å²) >= 11 is 0. The predicted octanol–water partition coefficient (Wildman–Crippen LogP) is 2.36. The van der Waals surface area contributed by atoms with E-state index in [2.05, 4.69) is 15.0 Å². The number of piperidine rings is 1. The molecule has 0 saturated carbocycles. The van der Waals surface area contributed by atoms with E-state index in [9.17, 15) is 9.59 Å². The molecule has 1 fully saturated rings. The minimum atomic E-state index is -0.249. The van der Waals surface area contributed by atoms with Crippen molar-refractivity contribution in [2.45, 2.75) is 38.6 Å². The Morgan fingerprint density at radius 1 is 1.13 bits per heavy atom. The molecule has 0 bridgehead atoms. The Kier molecular flexibility index (Phi) is 7.07. The standard InChI is InChI=1S/C18H26N2O3/c1-23-17(21)6-5-11-19-18(22)16-9-7-15(8-10-16)14-20-12-3-2-4-13-20/h7-10H,2-6,11-14H2,1H3,(H,19,22). The molecule has 1 aliphatic heterocycles. The Balaban J connectivity index is 1.74. The first-order valence-corrected chi connectivity index (χ1v) is 8.35. The molecule has 1 heterocycles. The summed E-state index contributed by atoms with van der Waals surface area (Å²) in [5.74, 6) is -0.347. The van der Waals surface area contributed by atoms with E-state index in [1.54, 1.807) is 0 Å². The fourth-order valence-electron chi connectivity index (χ4n) is 2.78. The van der Waals surface area contributed by atoms with Crippen LogP contribution in [0, 0.1) is 0 Å². The Morgan fingerprint density at radius 2 is 1.83 bits per heavy atom. The molecular weight excluding hydrogens is 292 g/mol. The largest absolute Gasteiger partial charge is 0.469 e. The number of carbonyl (C=O) groups is 2. The normalized spacial score (nSPS) is 15.2. The highest BCUT2D eigenvalue weighted by Crippen LogP contribution is 2.13. The van der Waals surface area contributed by atoms with E-state index in [1.165, 1.54) is 45.0 Å². The molecule has 1 aromatic carbocycles. The SMILES string of the molecule is COC(=O)CCCNC(=O)c1ccc(CN2CCCCC2)cc1. The van der Waals surface area contributed by atoms with Gasteiger partial charge in [-0.2, -0.15) is 0 Å². The molecule has 23 heavy (non-hydrogen) atoms. The highest BCUT2D eigenvalue weighted by atomic mass is 16.5. The van der Waals surface area contributed by atoms with Crippen LogP contribution < -0.4 is 5.32 Å². The minimum absolute atomic E-state index is 0.0978. The quantitative estimate of drug-likeness (QED) is 0.619. The summed E-state index contributed by atoms with van der Waals surface area (Å²) in [7, 11) is 1.37. The van der Waals surface area contributed by atoms with Gasteiger partial charge in [0.1, 0.15) is 0 Å². The summed E-state index contributed by atoms with van der Waals surface area (Å²) in [5, 5.41) is 2.82. The van der Waals surface area contributed by atoms with Crippen LogP contribution in [0.4, 0.5) is 0 Å². The number of methoxy groups -OCH3 is 1. The molecule has 0 atom stereocenters. The number of likely N-dealkylation sites (tertiary alicyclic amines) is 1. The van der Waals surface area contributed by atoms with Gasteiger partial charge < -0.3 is 10.1 Å². The van der Waals surface area contributed by atoms with E-state index < -0.39 is 0 Å². The topological polar surface area (TPSA) is 58.6 Å². The zero-order valence-corrected chi connectivity index (χ0v) is 13.8. The Hall–Kier alpha value is -1.88. The molecule has 1 aliphatic rings. The van der Waals surface area contributed by atoms with E-state index in [0.717, 1.165) is 6.54 Å². The molecule has 126 valence electrons. The van der Waals surface area contributed by atoms with Crippen LogP contribution in [0.3, 0.4) is 0 Å². The van der Waals surface area contributed by atoms with E-state index in [-0.39, 0.29) is 11.9 Å². The summed E-state index contributed by atoms with van der Waals surface area (Å²) in [6.45, 7) is 3.77. The maximum Gasteiger partial charge on any atom is 0.305 e. The first-order chi connectivity index (χ1) is 11.2. The van der Waals surface area contributed by atoms with Crippen LogP contribution in [-0.2, 0) is 16.1 Å². The fraction of sp³-hybridized carbons (Fsp3) is 0.556. The molecule has 0 aromatic heterocycles. The molecule has 1 aromatic rings. The van der Waals surface area contributed by atoms with Crippen molar-refractivity contribution in [2.75, 3.05) is 26.7 Å². The molecule has 1 amide bonds.